The van der Waals surface area contributed by atoms with E-state index in [4.69, 9.17) is 5.11 Å². The number of aliphatic carboxylic acids is 1. The van der Waals surface area contributed by atoms with Crippen LogP contribution in [0.25, 0.3) is 0 Å². The number of carboxylic acids is 1. The topological polar surface area (TPSA) is 95.5 Å². The van der Waals surface area contributed by atoms with Gasteiger partial charge in [-0.25, -0.2) is 0 Å². The van der Waals surface area contributed by atoms with Gasteiger partial charge in [0.2, 0.25) is 5.91 Å². The third kappa shape index (κ3) is 4.05. The molecule has 2 amide bonds. The number of hydrogen-bond donors (Lipinski definition) is 3. The third-order valence-electron chi connectivity index (χ3n) is 3.65. The van der Waals surface area contributed by atoms with Crippen LogP contribution >= 0.6 is 0 Å². The fourth-order valence-electron chi connectivity index (χ4n) is 2.43. The highest BCUT2D eigenvalue weighted by atomic mass is 16.4. The van der Waals surface area contributed by atoms with Crippen LogP contribution in [0.5, 0.6) is 0 Å². The van der Waals surface area contributed by atoms with Crippen LogP contribution in [-0.4, -0.2) is 35.0 Å². The maximum Gasteiger partial charge on any atom is 0.305 e. The molecular formula is C15H18N2O4. The van der Waals surface area contributed by atoms with Crippen molar-refractivity contribution in [2.24, 2.45) is 0 Å². The van der Waals surface area contributed by atoms with E-state index in [0.717, 1.165) is 6.42 Å². The Balaban J connectivity index is 1.82. The Kier molecular flexibility index (Phi) is 4.57. The zero-order valence-electron chi connectivity index (χ0n) is 11.6. The molecule has 3 N–H and O–H groups in total. The average molecular weight is 290 g/mol. The molecule has 1 aliphatic rings. The molecule has 6 nitrogen and oxygen atoms in total. The van der Waals surface area contributed by atoms with Crippen LogP contribution in [0.4, 0.5) is 0 Å². The highest BCUT2D eigenvalue weighted by Gasteiger charge is 2.40. The normalized spacial score (nSPS) is 15.6. The molecule has 0 saturated heterocycles. The summed E-state index contributed by atoms with van der Waals surface area (Å²) in [6.45, 7) is -0.158. The summed E-state index contributed by atoms with van der Waals surface area (Å²) in [7, 11) is 0. The van der Waals surface area contributed by atoms with Crippen molar-refractivity contribution in [1.82, 2.24) is 10.6 Å². The molecule has 1 aromatic carbocycles. The van der Waals surface area contributed by atoms with Crippen molar-refractivity contribution >= 4 is 17.8 Å². The SMILES string of the molecule is O=C(O)CC1(NC(=O)CNC(=O)c2ccccc2)CCC1. The van der Waals surface area contributed by atoms with Crippen molar-refractivity contribution < 1.29 is 19.5 Å². The quantitative estimate of drug-likeness (QED) is 0.726. The molecule has 21 heavy (non-hydrogen) atoms. The smallest absolute Gasteiger partial charge is 0.305 e. The molecule has 2 rings (SSSR count). The molecule has 0 heterocycles. The van der Waals surface area contributed by atoms with E-state index in [9.17, 15) is 14.4 Å². The highest BCUT2D eigenvalue weighted by molar-refractivity contribution is 5.96. The molecule has 6 heteroatoms. The predicted octanol–water partition coefficient (Wildman–Crippen LogP) is 0.930. The molecule has 0 aromatic heterocycles. The third-order valence-corrected chi connectivity index (χ3v) is 3.65. The maximum absolute atomic E-state index is 11.8. The summed E-state index contributed by atoms with van der Waals surface area (Å²) in [6, 6.07) is 8.60. The van der Waals surface area contributed by atoms with E-state index in [1.807, 2.05) is 0 Å². The predicted molar refractivity (Wildman–Crippen MR) is 75.8 cm³/mol. The summed E-state index contributed by atoms with van der Waals surface area (Å²) >= 11 is 0. The lowest BCUT2D eigenvalue weighted by Crippen LogP contribution is -2.56. The van der Waals surface area contributed by atoms with Gasteiger partial charge in [-0.2, -0.15) is 0 Å². The molecular weight excluding hydrogens is 272 g/mol. The van der Waals surface area contributed by atoms with Crippen LogP contribution in [-0.2, 0) is 9.59 Å². The van der Waals surface area contributed by atoms with Gasteiger partial charge in [-0.3, -0.25) is 14.4 Å². The number of hydrogen-bond acceptors (Lipinski definition) is 3. The first-order valence-corrected chi connectivity index (χ1v) is 6.87. The number of benzene rings is 1. The largest absolute Gasteiger partial charge is 0.481 e. The lowest BCUT2D eigenvalue weighted by molar-refractivity contribution is -0.140. The van der Waals surface area contributed by atoms with Crippen molar-refractivity contribution in [1.29, 1.82) is 0 Å². The van der Waals surface area contributed by atoms with Gasteiger partial charge in [-0.1, -0.05) is 18.2 Å². The summed E-state index contributed by atoms with van der Waals surface area (Å²) in [4.78, 5) is 34.5. The number of carboxylic acid groups (broad SMARTS) is 1. The molecule has 1 aliphatic carbocycles. The van der Waals surface area contributed by atoms with Gasteiger partial charge in [0.05, 0.1) is 18.5 Å². The Hall–Kier alpha value is -2.37. The van der Waals surface area contributed by atoms with E-state index in [-0.39, 0.29) is 24.8 Å². The van der Waals surface area contributed by atoms with Crippen LogP contribution in [0.2, 0.25) is 0 Å². The van der Waals surface area contributed by atoms with Crippen LogP contribution < -0.4 is 10.6 Å². The van der Waals surface area contributed by atoms with Gasteiger partial charge >= 0.3 is 5.97 Å². The Morgan fingerprint density at radius 2 is 1.81 bits per heavy atom. The molecule has 1 fully saturated rings. The Bertz CT molecular complexity index is 538. The monoisotopic (exact) mass is 290 g/mol. The molecule has 0 bridgehead atoms. The van der Waals surface area contributed by atoms with Crippen molar-refractivity contribution in [3.63, 3.8) is 0 Å². The second-order valence-corrected chi connectivity index (χ2v) is 5.30. The summed E-state index contributed by atoms with van der Waals surface area (Å²) in [6.07, 6.45) is 2.16. The van der Waals surface area contributed by atoms with Crippen LogP contribution in [0.3, 0.4) is 0 Å². The van der Waals surface area contributed by atoms with E-state index in [2.05, 4.69) is 10.6 Å². The minimum Gasteiger partial charge on any atom is -0.481 e. The minimum absolute atomic E-state index is 0.0780. The summed E-state index contributed by atoms with van der Waals surface area (Å²) in [5, 5.41) is 14.1. The molecule has 1 aromatic rings. The van der Waals surface area contributed by atoms with Gasteiger partial charge in [-0.05, 0) is 31.4 Å². The number of carbonyl (C=O) groups excluding carboxylic acids is 2. The van der Waals surface area contributed by atoms with Crippen LogP contribution in [0, 0.1) is 0 Å². The van der Waals surface area contributed by atoms with Gasteiger partial charge in [0, 0.05) is 5.56 Å². The molecule has 1 saturated carbocycles. The van der Waals surface area contributed by atoms with E-state index < -0.39 is 11.5 Å². The Morgan fingerprint density at radius 1 is 1.14 bits per heavy atom. The van der Waals surface area contributed by atoms with Crippen molar-refractivity contribution in [2.45, 2.75) is 31.2 Å². The number of nitrogens with one attached hydrogen (secondary N) is 2. The summed E-state index contributed by atoms with van der Waals surface area (Å²) < 4.78 is 0. The fraction of sp³-hybridized carbons (Fsp3) is 0.400. The van der Waals surface area contributed by atoms with Gasteiger partial charge in [0.1, 0.15) is 0 Å². The summed E-state index contributed by atoms with van der Waals surface area (Å²) in [5.74, 6) is -1.62. The number of amides is 2. The molecule has 0 atom stereocenters. The van der Waals surface area contributed by atoms with Gasteiger partial charge < -0.3 is 15.7 Å². The average Bonchev–Trinajstić information content (AvgIpc) is 2.43. The first kappa shape index (κ1) is 15.0. The van der Waals surface area contributed by atoms with Crippen molar-refractivity contribution in [2.75, 3.05) is 6.54 Å². The second kappa shape index (κ2) is 6.39. The van der Waals surface area contributed by atoms with E-state index in [1.165, 1.54) is 0 Å². The van der Waals surface area contributed by atoms with E-state index >= 15 is 0 Å². The van der Waals surface area contributed by atoms with Crippen molar-refractivity contribution in [3.05, 3.63) is 35.9 Å². The summed E-state index contributed by atoms with van der Waals surface area (Å²) in [5.41, 5.74) is -0.158. The van der Waals surface area contributed by atoms with E-state index in [0.29, 0.717) is 18.4 Å². The Morgan fingerprint density at radius 3 is 2.33 bits per heavy atom. The second-order valence-electron chi connectivity index (χ2n) is 5.30. The molecule has 0 radical (unpaired) electrons. The number of carbonyl (C=O) groups is 3. The van der Waals surface area contributed by atoms with Gasteiger partial charge in [0.25, 0.3) is 5.91 Å². The lowest BCUT2D eigenvalue weighted by Gasteiger charge is -2.41. The van der Waals surface area contributed by atoms with Crippen LogP contribution in [0.1, 0.15) is 36.0 Å². The lowest BCUT2D eigenvalue weighted by atomic mass is 9.74. The van der Waals surface area contributed by atoms with Crippen molar-refractivity contribution in [3.8, 4) is 0 Å². The number of rotatable bonds is 6. The maximum atomic E-state index is 11.8. The zero-order valence-corrected chi connectivity index (χ0v) is 11.6. The molecule has 0 aliphatic heterocycles. The zero-order chi connectivity index (χ0) is 15.3. The first-order chi connectivity index (χ1) is 10.0. The van der Waals surface area contributed by atoms with Crippen LogP contribution in [0.15, 0.2) is 30.3 Å². The van der Waals surface area contributed by atoms with E-state index in [1.54, 1.807) is 30.3 Å². The van der Waals surface area contributed by atoms with Gasteiger partial charge in [0.15, 0.2) is 0 Å². The highest BCUT2D eigenvalue weighted by Crippen LogP contribution is 2.34. The van der Waals surface area contributed by atoms with Gasteiger partial charge in [-0.15, -0.1) is 0 Å². The molecule has 0 unspecified atom stereocenters. The minimum atomic E-state index is -0.927. The Labute approximate surface area is 122 Å². The first-order valence-electron chi connectivity index (χ1n) is 6.87. The standard InChI is InChI=1S/C15H18N2O4/c18-12(17-15(7-4-8-15)9-13(19)20)10-16-14(21)11-5-2-1-3-6-11/h1-3,5-6H,4,7-10H2,(H,16,21)(H,17,18)(H,19,20). The molecule has 0 spiro atoms. The fourth-order valence-corrected chi connectivity index (χ4v) is 2.43. The molecule has 112 valence electrons.